The number of likely N-dealkylation sites (N-methyl/N-ethyl adjacent to an activating group) is 1. The second kappa shape index (κ2) is 4.76. The lowest BCUT2D eigenvalue weighted by Gasteiger charge is -2.22. The molecule has 0 amide bonds. The molecule has 1 unspecified atom stereocenters. The highest BCUT2D eigenvalue weighted by molar-refractivity contribution is 9.11. The van der Waals surface area contributed by atoms with Gasteiger partial charge in [-0.1, -0.05) is 0 Å². The summed E-state index contributed by atoms with van der Waals surface area (Å²) in [6.07, 6.45) is 2.85. The predicted molar refractivity (Wildman–Crippen MR) is 66.1 cm³/mol. The molecule has 0 saturated heterocycles. The van der Waals surface area contributed by atoms with E-state index in [4.69, 9.17) is 0 Å². The van der Waals surface area contributed by atoms with Crippen molar-refractivity contribution in [1.82, 2.24) is 4.90 Å². The van der Waals surface area contributed by atoms with Gasteiger partial charge < -0.3 is 0 Å². The van der Waals surface area contributed by atoms with Gasteiger partial charge in [-0.2, -0.15) is 0 Å². The Morgan fingerprint density at radius 3 is 3.00 bits per heavy atom. The molecule has 1 aromatic rings. The third-order valence-electron chi connectivity index (χ3n) is 2.86. The molecule has 1 heterocycles. The number of carbonyl (C=O) groups excluding carboxylic acids is 1. The van der Waals surface area contributed by atoms with E-state index in [1.807, 2.05) is 7.05 Å². The zero-order chi connectivity index (χ0) is 10.8. The van der Waals surface area contributed by atoms with E-state index in [-0.39, 0.29) is 6.04 Å². The molecule has 1 aromatic heterocycles. The molecule has 0 radical (unpaired) electrons. The molecule has 2 nitrogen and oxygen atoms in total. The fraction of sp³-hybridized carbons (Fsp3) is 0.545. The van der Waals surface area contributed by atoms with Crippen molar-refractivity contribution in [2.45, 2.75) is 31.8 Å². The lowest BCUT2D eigenvalue weighted by atomic mass is 10.2. The van der Waals surface area contributed by atoms with Crippen molar-refractivity contribution in [3.05, 3.63) is 20.8 Å². The van der Waals surface area contributed by atoms with Crippen LogP contribution in [-0.2, 0) is 11.3 Å². The maximum Gasteiger partial charge on any atom is 0.149 e. The van der Waals surface area contributed by atoms with E-state index in [0.717, 1.165) is 29.6 Å². The minimum absolute atomic E-state index is 0.156. The van der Waals surface area contributed by atoms with E-state index in [1.54, 1.807) is 11.3 Å². The topological polar surface area (TPSA) is 20.3 Å². The van der Waals surface area contributed by atoms with Gasteiger partial charge in [0.25, 0.3) is 0 Å². The number of hydrogen-bond donors (Lipinski definition) is 0. The lowest BCUT2D eigenvalue weighted by molar-refractivity contribution is -0.121. The van der Waals surface area contributed by atoms with Gasteiger partial charge in [-0.15, -0.1) is 11.3 Å². The predicted octanol–water partition coefficient (Wildman–Crippen LogP) is 3.06. The van der Waals surface area contributed by atoms with Crippen LogP contribution in [0.15, 0.2) is 15.2 Å². The molecule has 0 spiro atoms. The summed E-state index contributed by atoms with van der Waals surface area (Å²) in [7, 11) is 2.04. The maximum absolute atomic E-state index is 11.6. The van der Waals surface area contributed by atoms with E-state index in [0.29, 0.717) is 5.78 Å². The Labute approximate surface area is 102 Å². The van der Waals surface area contributed by atoms with Crippen LogP contribution >= 0.6 is 27.3 Å². The standard InChI is InChI=1S/C11H14BrNOS/c1-13(9-3-2-4-10(9)14)6-8-5-11(12)15-7-8/h5,7,9H,2-4,6H2,1H3. The molecule has 1 aliphatic rings. The van der Waals surface area contributed by atoms with Gasteiger partial charge in [-0.25, -0.2) is 0 Å². The van der Waals surface area contributed by atoms with E-state index in [1.165, 1.54) is 5.56 Å². The van der Waals surface area contributed by atoms with Crippen LogP contribution in [0.1, 0.15) is 24.8 Å². The number of Topliss-reactive ketones (excluding diaryl/α,β-unsaturated/α-hetero) is 1. The van der Waals surface area contributed by atoms with Crippen LogP contribution in [0.25, 0.3) is 0 Å². The van der Waals surface area contributed by atoms with E-state index < -0.39 is 0 Å². The number of halogens is 1. The molecule has 0 aliphatic heterocycles. The number of ketones is 1. The molecule has 0 bridgehead atoms. The van der Waals surface area contributed by atoms with Crippen molar-refractivity contribution in [2.75, 3.05) is 7.05 Å². The van der Waals surface area contributed by atoms with Gasteiger partial charge in [-0.3, -0.25) is 9.69 Å². The Hall–Kier alpha value is -0.190. The fourth-order valence-corrected chi connectivity index (χ4v) is 3.29. The van der Waals surface area contributed by atoms with Crippen molar-refractivity contribution in [1.29, 1.82) is 0 Å². The van der Waals surface area contributed by atoms with E-state index in [9.17, 15) is 4.79 Å². The summed E-state index contributed by atoms with van der Waals surface area (Å²) in [5.41, 5.74) is 1.29. The monoisotopic (exact) mass is 287 g/mol. The molecule has 1 saturated carbocycles. The molecule has 1 aliphatic carbocycles. The summed E-state index contributed by atoms with van der Waals surface area (Å²) in [5, 5.41) is 2.14. The van der Waals surface area contributed by atoms with Crippen LogP contribution in [0.3, 0.4) is 0 Å². The number of carbonyl (C=O) groups is 1. The van der Waals surface area contributed by atoms with Crippen LogP contribution in [0.4, 0.5) is 0 Å². The molecule has 0 N–H and O–H groups in total. The van der Waals surface area contributed by atoms with E-state index in [2.05, 4.69) is 32.3 Å². The maximum atomic E-state index is 11.6. The van der Waals surface area contributed by atoms with Gasteiger partial charge in [0.15, 0.2) is 0 Å². The number of nitrogens with zero attached hydrogens (tertiary/aromatic N) is 1. The van der Waals surface area contributed by atoms with Crippen LogP contribution in [0, 0.1) is 0 Å². The highest BCUT2D eigenvalue weighted by atomic mass is 79.9. The van der Waals surface area contributed by atoms with Crippen LogP contribution in [0.5, 0.6) is 0 Å². The van der Waals surface area contributed by atoms with Gasteiger partial charge in [-0.05, 0) is 52.8 Å². The Kier molecular flexibility index (Phi) is 3.59. The Morgan fingerprint density at radius 2 is 2.47 bits per heavy atom. The third kappa shape index (κ3) is 2.68. The molecule has 82 valence electrons. The quantitative estimate of drug-likeness (QED) is 0.852. The average molecular weight is 288 g/mol. The summed E-state index contributed by atoms with van der Waals surface area (Å²) < 4.78 is 1.16. The Morgan fingerprint density at radius 1 is 1.67 bits per heavy atom. The molecule has 2 rings (SSSR count). The van der Waals surface area contributed by atoms with Crippen LogP contribution < -0.4 is 0 Å². The van der Waals surface area contributed by atoms with Gasteiger partial charge in [0.2, 0.25) is 0 Å². The normalized spacial score (nSPS) is 21.5. The minimum atomic E-state index is 0.156. The molecule has 15 heavy (non-hydrogen) atoms. The summed E-state index contributed by atoms with van der Waals surface area (Å²) in [4.78, 5) is 13.7. The molecule has 1 fully saturated rings. The summed E-state index contributed by atoms with van der Waals surface area (Å²) in [6.45, 7) is 0.874. The summed E-state index contributed by atoms with van der Waals surface area (Å²) >= 11 is 5.15. The molecule has 0 aromatic carbocycles. The SMILES string of the molecule is CN(Cc1csc(Br)c1)C1CCCC1=O. The zero-order valence-electron chi connectivity index (χ0n) is 8.70. The number of rotatable bonds is 3. The largest absolute Gasteiger partial charge is 0.298 e. The van der Waals surface area contributed by atoms with Crippen molar-refractivity contribution in [3.8, 4) is 0 Å². The van der Waals surface area contributed by atoms with Crippen molar-refractivity contribution in [3.63, 3.8) is 0 Å². The molecular weight excluding hydrogens is 274 g/mol. The minimum Gasteiger partial charge on any atom is -0.298 e. The third-order valence-corrected chi connectivity index (χ3v) is 4.41. The van der Waals surface area contributed by atoms with Gasteiger partial charge in [0.1, 0.15) is 5.78 Å². The molecule has 4 heteroatoms. The second-order valence-corrected chi connectivity index (χ2v) is 6.34. The highest BCUT2D eigenvalue weighted by Crippen LogP contribution is 2.24. The highest BCUT2D eigenvalue weighted by Gasteiger charge is 2.27. The van der Waals surface area contributed by atoms with Crippen molar-refractivity contribution < 1.29 is 4.79 Å². The summed E-state index contributed by atoms with van der Waals surface area (Å²) in [5.74, 6) is 0.409. The van der Waals surface area contributed by atoms with Gasteiger partial charge >= 0.3 is 0 Å². The van der Waals surface area contributed by atoms with Gasteiger partial charge in [0.05, 0.1) is 9.83 Å². The first-order valence-corrected chi connectivity index (χ1v) is 6.80. The zero-order valence-corrected chi connectivity index (χ0v) is 11.1. The molecule has 1 atom stereocenters. The van der Waals surface area contributed by atoms with Crippen LogP contribution in [0.2, 0.25) is 0 Å². The second-order valence-electron chi connectivity index (χ2n) is 4.05. The first-order valence-electron chi connectivity index (χ1n) is 5.12. The lowest BCUT2D eigenvalue weighted by Crippen LogP contribution is -2.34. The van der Waals surface area contributed by atoms with Crippen LogP contribution in [-0.4, -0.2) is 23.8 Å². The Bertz CT molecular complexity index is 363. The smallest absolute Gasteiger partial charge is 0.149 e. The Balaban J connectivity index is 1.97. The van der Waals surface area contributed by atoms with Crippen molar-refractivity contribution >= 4 is 33.0 Å². The van der Waals surface area contributed by atoms with E-state index >= 15 is 0 Å². The fourth-order valence-electron chi connectivity index (χ4n) is 2.09. The first-order chi connectivity index (χ1) is 7.16. The average Bonchev–Trinajstić information content (AvgIpc) is 2.75. The molecular formula is C11H14BrNOS. The number of thiophene rings is 1. The summed E-state index contributed by atoms with van der Waals surface area (Å²) in [6, 6.07) is 2.28. The first kappa shape index (κ1) is 11.3. The van der Waals surface area contributed by atoms with Crippen molar-refractivity contribution in [2.24, 2.45) is 0 Å². The van der Waals surface area contributed by atoms with Gasteiger partial charge in [0, 0.05) is 13.0 Å². The number of hydrogen-bond acceptors (Lipinski definition) is 3.